The Balaban J connectivity index is 3.02. The van der Waals surface area contributed by atoms with Crippen LogP contribution in [0, 0.1) is 0 Å². The van der Waals surface area contributed by atoms with Gasteiger partial charge in [-0.25, -0.2) is 0 Å². The molecule has 1 aromatic carbocycles. The molecular formula is C15H22O3. The van der Waals surface area contributed by atoms with Crippen LogP contribution in [0.4, 0.5) is 0 Å². The summed E-state index contributed by atoms with van der Waals surface area (Å²) < 4.78 is 5.48. The van der Waals surface area contributed by atoms with E-state index in [4.69, 9.17) is 9.84 Å². The van der Waals surface area contributed by atoms with Gasteiger partial charge in [-0.3, -0.25) is 4.79 Å². The van der Waals surface area contributed by atoms with Crippen molar-refractivity contribution < 1.29 is 14.6 Å². The Bertz CT molecular complexity index is 399. The molecule has 3 nitrogen and oxygen atoms in total. The van der Waals surface area contributed by atoms with Crippen molar-refractivity contribution in [2.75, 3.05) is 6.61 Å². The third kappa shape index (κ3) is 3.76. The normalized spacial score (nSPS) is 12.2. The third-order valence-electron chi connectivity index (χ3n) is 3.16. The van der Waals surface area contributed by atoms with Crippen molar-refractivity contribution in [1.82, 2.24) is 0 Å². The highest BCUT2D eigenvalue weighted by molar-refractivity contribution is 5.68. The van der Waals surface area contributed by atoms with Crippen LogP contribution >= 0.6 is 0 Å². The van der Waals surface area contributed by atoms with Crippen molar-refractivity contribution in [3.8, 4) is 5.75 Å². The van der Waals surface area contributed by atoms with Crippen LogP contribution in [0.15, 0.2) is 18.2 Å². The lowest BCUT2D eigenvalue weighted by Gasteiger charge is -2.18. The number of hydrogen-bond donors (Lipinski definition) is 1. The van der Waals surface area contributed by atoms with Gasteiger partial charge in [0.25, 0.3) is 0 Å². The molecule has 100 valence electrons. The Morgan fingerprint density at radius 2 is 2.06 bits per heavy atom. The fourth-order valence-corrected chi connectivity index (χ4v) is 2.23. The zero-order valence-electron chi connectivity index (χ0n) is 11.4. The van der Waals surface area contributed by atoms with Crippen LogP contribution in [0.3, 0.4) is 0 Å². The lowest BCUT2D eigenvalue weighted by atomic mass is 9.88. The summed E-state index contributed by atoms with van der Waals surface area (Å²) in [6.07, 6.45) is 1.93. The van der Waals surface area contributed by atoms with E-state index in [1.807, 2.05) is 32.0 Å². The predicted octanol–water partition coefficient (Wildman–Crippen LogP) is 3.62. The van der Waals surface area contributed by atoms with E-state index in [9.17, 15) is 4.79 Å². The van der Waals surface area contributed by atoms with E-state index in [0.717, 1.165) is 24.2 Å². The van der Waals surface area contributed by atoms with Gasteiger partial charge in [0.15, 0.2) is 0 Å². The second-order valence-electron chi connectivity index (χ2n) is 4.35. The van der Waals surface area contributed by atoms with Crippen molar-refractivity contribution >= 4 is 5.97 Å². The van der Waals surface area contributed by atoms with Gasteiger partial charge in [0.1, 0.15) is 5.75 Å². The summed E-state index contributed by atoms with van der Waals surface area (Å²) in [5, 5.41) is 8.95. The van der Waals surface area contributed by atoms with Gasteiger partial charge in [-0.05, 0) is 48.9 Å². The van der Waals surface area contributed by atoms with Crippen molar-refractivity contribution in [1.29, 1.82) is 0 Å². The Kier molecular flexibility index (Phi) is 5.69. The summed E-state index contributed by atoms with van der Waals surface area (Å²) in [5.41, 5.74) is 2.33. The van der Waals surface area contributed by atoms with Crippen LogP contribution in [-0.4, -0.2) is 17.7 Å². The number of aliphatic carboxylic acids is 1. The average Bonchev–Trinajstić information content (AvgIpc) is 2.36. The number of rotatable bonds is 7. The predicted molar refractivity (Wildman–Crippen MR) is 72.3 cm³/mol. The number of carboxylic acids is 1. The van der Waals surface area contributed by atoms with E-state index < -0.39 is 5.97 Å². The van der Waals surface area contributed by atoms with Gasteiger partial charge in [0.05, 0.1) is 13.0 Å². The molecule has 0 fully saturated rings. The van der Waals surface area contributed by atoms with Gasteiger partial charge in [0.2, 0.25) is 0 Å². The molecule has 0 aromatic heterocycles. The van der Waals surface area contributed by atoms with Crippen molar-refractivity contribution in [3.63, 3.8) is 0 Å². The van der Waals surface area contributed by atoms with E-state index in [0.29, 0.717) is 6.61 Å². The summed E-state index contributed by atoms with van der Waals surface area (Å²) in [6.45, 7) is 6.72. The second kappa shape index (κ2) is 7.04. The van der Waals surface area contributed by atoms with Gasteiger partial charge in [-0.1, -0.05) is 19.9 Å². The zero-order chi connectivity index (χ0) is 13.5. The minimum atomic E-state index is -0.738. The molecule has 1 N–H and O–H groups in total. The maximum Gasteiger partial charge on any atom is 0.303 e. The average molecular weight is 250 g/mol. The number of benzene rings is 1. The first-order valence-electron chi connectivity index (χ1n) is 6.59. The molecule has 1 atom stereocenters. The number of carboxylic acid groups (broad SMARTS) is 1. The SMILES string of the molecule is CCOc1ccc(C(CC)CC(=O)O)c(CC)c1. The lowest BCUT2D eigenvalue weighted by molar-refractivity contribution is -0.137. The van der Waals surface area contributed by atoms with Crippen molar-refractivity contribution in [2.24, 2.45) is 0 Å². The summed E-state index contributed by atoms with van der Waals surface area (Å²) in [6, 6.07) is 5.98. The summed E-state index contributed by atoms with van der Waals surface area (Å²) in [4.78, 5) is 10.9. The molecule has 1 rings (SSSR count). The first-order chi connectivity index (χ1) is 8.62. The van der Waals surface area contributed by atoms with Gasteiger partial charge in [-0.15, -0.1) is 0 Å². The zero-order valence-corrected chi connectivity index (χ0v) is 11.4. The van der Waals surface area contributed by atoms with Crippen molar-refractivity contribution in [2.45, 2.75) is 46.0 Å². The largest absolute Gasteiger partial charge is 0.494 e. The van der Waals surface area contributed by atoms with Crippen LogP contribution in [0.25, 0.3) is 0 Å². The second-order valence-corrected chi connectivity index (χ2v) is 4.35. The maximum atomic E-state index is 10.9. The first kappa shape index (κ1) is 14.6. The molecule has 18 heavy (non-hydrogen) atoms. The van der Waals surface area contributed by atoms with Gasteiger partial charge >= 0.3 is 5.97 Å². The molecule has 0 aliphatic heterocycles. The van der Waals surface area contributed by atoms with Gasteiger partial charge in [-0.2, -0.15) is 0 Å². The monoisotopic (exact) mass is 250 g/mol. The fraction of sp³-hybridized carbons (Fsp3) is 0.533. The topological polar surface area (TPSA) is 46.5 Å². The molecule has 0 spiro atoms. The highest BCUT2D eigenvalue weighted by Gasteiger charge is 2.16. The van der Waals surface area contributed by atoms with Gasteiger partial charge < -0.3 is 9.84 Å². The highest BCUT2D eigenvalue weighted by Crippen LogP contribution is 2.29. The lowest BCUT2D eigenvalue weighted by Crippen LogP contribution is -2.08. The number of aryl methyl sites for hydroxylation is 1. The number of carbonyl (C=O) groups is 1. The van der Waals surface area contributed by atoms with E-state index in [2.05, 4.69) is 6.92 Å². The van der Waals surface area contributed by atoms with E-state index in [1.165, 1.54) is 5.56 Å². The van der Waals surface area contributed by atoms with Crippen LogP contribution in [0.5, 0.6) is 5.75 Å². The van der Waals surface area contributed by atoms with Crippen LogP contribution in [0.1, 0.15) is 50.7 Å². The Hall–Kier alpha value is -1.51. The summed E-state index contributed by atoms with van der Waals surface area (Å²) in [7, 11) is 0. The van der Waals surface area contributed by atoms with Gasteiger partial charge in [0, 0.05) is 0 Å². The molecule has 0 bridgehead atoms. The quantitative estimate of drug-likeness (QED) is 0.804. The molecule has 0 aliphatic carbocycles. The smallest absolute Gasteiger partial charge is 0.303 e. The first-order valence-corrected chi connectivity index (χ1v) is 6.59. The summed E-state index contributed by atoms with van der Waals surface area (Å²) >= 11 is 0. The molecule has 1 aromatic rings. The minimum Gasteiger partial charge on any atom is -0.494 e. The molecule has 0 saturated heterocycles. The number of ether oxygens (including phenoxy) is 1. The number of hydrogen-bond acceptors (Lipinski definition) is 2. The molecule has 1 unspecified atom stereocenters. The van der Waals surface area contributed by atoms with Crippen LogP contribution in [0.2, 0.25) is 0 Å². The Morgan fingerprint density at radius 3 is 2.56 bits per heavy atom. The highest BCUT2D eigenvalue weighted by atomic mass is 16.5. The molecule has 0 saturated carbocycles. The molecule has 0 aliphatic rings. The Labute approximate surface area is 109 Å². The van der Waals surface area contributed by atoms with Crippen molar-refractivity contribution in [3.05, 3.63) is 29.3 Å². The third-order valence-corrected chi connectivity index (χ3v) is 3.16. The molecule has 0 amide bonds. The summed E-state index contributed by atoms with van der Waals surface area (Å²) in [5.74, 6) is 0.217. The maximum absolute atomic E-state index is 10.9. The van der Waals surface area contributed by atoms with Crippen LogP contribution < -0.4 is 4.74 Å². The molecular weight excluding hydrogens is 228 g/mol. The molecule has 0 radical (unpaired) electrons. The molecule has 0 heterocycles. The van der Waals surface area contributed by atoms with E-state index >= 15 is 0 Å². The van der Waals surface area contributed by atoms with Crippen LogP contribution in [-0.2, 0) is 11.2 Å². The molecule has 3 heteroatoms. The fourth-order valence-electron chi connectivity index (χ4n) is 2.23. The minimum absolute atomic E-state index is 0.0909. The van der Waals surface area contributed by atoms with E-state index in [-0.39, 0.29) is 12.3 Å². The van der Waals surface area contributed by atoms with E-state index in [1.54, 1.807) is 0 Å². The standard InChI is InChI=1S/C15H22O3/c1-4-11-9-13(18-6-3)7-8-14(11)12(5-2)10-15(16)17/h7-9,12H,4-6,10H2,1-3H3,(H,16,17). The Morgan fingerprint density at radius 1 is 1.33 bits per heavy atom.